The van der Waals surface area contributed by atoms with Gasteiger partial charge in [-0.1, -0.05) is 49.2 Å². The lowest BCUT2D eigenvalue weighted by atomic mass is 9.97. The number of fused-ring (bicyclic) bond motifs is 2. The molecule has 2 saturated carbocycles. The normalized spacial score (nSPS) is 29.9. The van der Waals surface area contributed by atoms with Crippen molar-refractivity contribution in [1.29, 1.82) is 0 Å². The molecule has 2 aliphatic rings. The predicted molar refractivity (Wildman–Crippen MR) is 83.0 cm³/mol. The molecule has 4 rings (SSSR count). The lowest BCUT2D eigenvalue weighted by molar-refractivity contribution is 0.457. The molecule has 2 aromatic rings. The maximum atomic E-state index is 5.89. The van der Waals surface area contributed by atoms with Crippen LogP contribution in [0.1, 0.15) is 37.3 Å². The summed E-state index contributed by atoms with van der Waals surface area (Å²) in [6.07, 6.45) is 5.63. The quantitative estimate of drug-likeness (QED) is 0.655. The molecule has 0 saturated heterocycles. The maximum Gasteiger partial charge on any atom is 0.0493 e. The zero-order valence-electron chi connectivity index (χ0n) is 11.8. The molecule has 0 spiro atoms. The summed E-state index contributed by atoms with van der Waals surface area (Å²) in [5.74, 6) is 8.47. The topological polar surface area (TPSA) is 38.0 Å². The molecule has 0 amide bonds. The first kappa shape index (κ1) is 12.4. The molecule has 0 radical (unpaired) electrons. The second-order valence-electron chi connectivity index (χ2n) is 6.44. The highest BCUT2D eigenvalue weighted by Gasteiger charge is 2.54. The first-order valence-electron chi connectivity index (χ1n) is 7.83. The number of hydrazine groups is 1. The standard InChI is InChI=1S/C18H22N2/c19-20-18(17-15-7-3-4-8-16(15)17)14-10-9-12-5-1-2-6-13(12)11-14/h1-2,5-6,9-11,15-18,20H,3-4,7-8,19H2. The molecule has 20 heavy (non-hydrogen) atoms. The van der Waals surface area contributed by atoms with Crippen LogP contribution in [0.4, 0.5) is 0 Å². The van der Waals surface area contributed by atoms with Gasteiger partial charge in [-0.15, -0.1) is 0 Å². The monoisotopic (exact) mass is 266 g/mol. The van der Waals surface area contributed by atoms with Gasteiger partial charge in [0.2, 0.25) is 0 Å². The van der Waals surface area contributed by atoms with Crippen LogP contribution in [0.2, 0.25) is 0 Å². The third-order valence-corrected chi connectivity index (χ3v) is 5.42. The first-order valence-corrected chi connectivity index (χ1v) is 7.83. The Bertz CT molecular complexity index is 610. The lowest BCUT2D eigenvalue weighted by Gasteiger charge is -2.17. The summed E-state index contributed by atoms with van der Waals surface area (Å²) in [5.41, 5.74) is 4.45. The zero-order valence-corrected chi connectivity index (χ0v) is 11.8. The van der Waals surface area contributed by atoms with E-state index >= 15 is 0 Å². The molecule has 2 aliphatic carbocycles. The molecule has 2 aromatic carbocycles. The zero-order chi connectivity index (χ0) is 13.5. The van der Waals surface area contributed by atoms with Gasteiger partial charge in [-0.05, 0) is 53.0 Å². The fraction of sp³-hybridized carbons (Fsp3) is 0.444. The molecule has 0 bridgehead atoms. The third-order valence-electron chi connectivity index (χ3n) is 5.42. The highest BCUT2D eigenvalue weighted by atomic mass is 15.2. The van der Waals surface area contributed by atoms with Crippen LogP contribution in [0, 0.1) is 17.8 Å². The van der Waals surface area contributed by atoms with E-state index in [9.17, 15) is 0 Å². The number of benzene rings is 2. The largest absolute Gasteiger partial charge is 0.271 e. The molecule has 3 atom stereocenters. The van der Waals surface area contributed by atoms with Crippen LogP contribution in [0.15, 0.2) is 42.5 Å². The van der Waals surface area contributed by atoms with Gasteiger partial charge in [-0.2, -0.15) is 0 Å². The van der Waals surface area contributed by atoms with Crippen LogP contribution < -0.4 is 11.3 Å². The maximum absolute atomic E-state index is 5.89. The average molecular weight is 266 g/mol. The van der Waals surface area contributed by atoms with Crippen LogP contribution in [0.5, 0.6) is 0 Å². The van der Waals surface area contributed by atoms with Gasteiger partial charge in [0.05, 0.1) is 0 Å². The van der Waals surface area contributed by atoms with Crippen molar-refractivity contribution in [3.8, 4) is 0 Å². The molecule has 3 unspecified atom stereocenters. The molecule has 104 valence electrons. The number of nitrogens with one attached hydrogen (secondary N) is 1. The van der Waals surface area contributed by atoms with Crippen LogP contribution in [-0.2, 0) is 0 Å². The second kappa shape index (κ2) is 4.87. The summed E-state index contributed by atoms with van der Waals surface area (Å²) in [4.78, 5) is 0. The van der Waals surface area contributed by atoms with E-state index in [0.717, 1.165) is 17.8 Å². The molecule has 0 aromatic heterocycles. The Balaban J connectivity index is 1.66. The van der Waals surface area contributed by atoms with Crippen molar-refractivity contribution in [3.63, 3.8) is 0 Å². The number of rotatable bonds is 3. The second-order valence-corrected chi connectivity index (χ2v) is 6.44. The highest BCUT2D eigenvalue weighted by molar-refractivity contribution is 5.83. The SMILES string of the molecule is NNC(c1ccc2ccccc2c1)C1C2CCCCC21. The summed E-state index contributed by atoms with van der Waals surface area (Å²) >= 11 is 0. The fourth-order valence-corrected chi connectivity index (χ4v) is 4.37. The molecule has 3 N–H and O–H groups in total. The van der Waals surface area contributed by atoms with Crippen LogP contribution in [-0.4, -0.2) is 0 Å². The first-order chi connectivity index (χ1) is 9.88. The van der Waals surface area contributed by atoms with Crippen molar-refractivity contribution in [3.05, 3.63) is 48.0 Å². The van der Waals surface area contributed by atoms with Crippen LogP contribution in [0.25, 0.3) is 10.8 Å². The Kier molecular flexibility index (Phi) is 3.01. The third kappa shape index (κ3) is 1.95. The smallest absolute Gasteiger partial charge is 0.0493 e. The molecule has 2 nitrogen and oxygen atoms in total. The minimum atomic E-state index is 0.327. The minimum absolute atomic E-state index is 0.327. The van der Waals surface area contributed by atoms with E-state index in [4.69, 9.17) is 5.84 Å². The van der Waals surface area contributed by atoms with E-state index in [-0.39, 0.29) is 0 Å². The Hall–Kier alpha value is -1.38. The Morgan fingerprint density at radius 3 is 2.35 bits per heavy atom. The van der Waals surface area contributed by atoms with Gasteiger partial charge in [0.15, 0.2) is 0 Å². The molecule has 0 aliphatic heterocycles. The number of hydrogen-bond acceptors (Lipinski definition) is 2. The van der Waals surface area contributed by atoms with Crippen LogP contribution >= 0.6 is 0 Å². The molecule has 2 fully saturated rings. The summed E-state index contributed by atoms with van der Waals surface area (Å²) in [6, 6.07) is 15.7. The van der Waals surface area contributed by atoms with Crippen molar-refractivity contribution in [2.45, 2.75) is 31.7 Å². The van der Waals surface area contributed by atoms with Gasteiger partial charge in [-0.3, -0.25) is 11.3 Å². The highest BCUT2D eigenvalue weighted by Crippen LogP contribution is 2.60. The van der Waals surface area contributed by atoms with Gasteiger partial charge >= 0.3 is 0 Å². The summed E-state index contributed by atoms with van der Waals surface area (Å²) in [6.45, 7) is 0. The Labute approximate surface area is 120 Å². The van der Waals surface area contributed by atoms with Gasteiger partial charge in [-0.25, -0.2) is 0 Å². The van der Waals surface area contributed by atoms with Crippen molar-refractivity contribution >= 4 is 10.8 Å². The summed E-state index contributed by atoms with van der Waals surface area (Å²) in [7, 11) is 0. The van der Waals surface area contributed by atoms with Gasteiger partial charge in [0, 0.05) is 6.04 Å². The number of hydrogen-bond donors (Lipinski definition) is 2. The van der Waals surface area contributed by atoms with E-state index in [1.165, 1.54) is 42.0 Å². The minimum Gasteiger partial charge on any atom is -0.271 e. The Morgan fingerprint density at radius 2 is 1.65 bits per heavy atom. The van der Waals surface area contributed by atoms with E-state index in [0.29, 0.717) is 6.04 Å². The molecule has 0 heterocycles. The predicted octanol–water partition coefficient (Wildman–Crippen LogP) is 3.78. The average Bonchev–Trinajstić information content (AvgIpc) is 3.22. The fourth-order valence-electron chi connectivity index (χ4n) is 4.37. The lowest BCUT2D eigenvalue weighted by Crippen LogP contribution is -2.30. The number of nitrogens with two attached hydrogens (primary N) is 1. The van der Waals surface area contributed by atoms with Crippen molar-refractivity contribution in [2.24, 2.45) is 23.6 Å². The van der Waals surface area contributed by atoms with Crippen molar-refractivity contribution < 1.29 is 0 Å². The van der Waals surface area contributed by atoms with E-state index < -0.39 is 0 Å². The van der Waals surface area contributed by atoms with Gasteiger partial charge in [0.1, 0.15) is 0 Å². The van der Waals surface area contributed by atoms with Gasteiger partial charge < -0.3 is 0 Å². The van der Waals surface area contributed by atoms with E-state index in [1.54, 1.807) is 0 Å². The summed E-state index contributed by atoms with van der Waals surface area (Å²) in [5, 5.41) is 2.62. The van der Waals surface area contributed by atoms with Crippen LogP contribution in [0.3, 0.4) is 0 Å². The molecule has 2 heteroatoms. The van der Waals surface area contributed by atoms with E-state index in [2.05, 4.69) is 47.9 Å². The van der Waals surface area contributed by atoms with Crippen molar-refractivity contribution in [1.82, 2.24) is 5.43 Å². The molecular weight excluding hydrogens is 244 g/mol. The Morgan fingerprint density at radius 1 is 0.950 bits per heavy atom. The summed E-state index contributed by atoms with van der Waals surface area (Å²) < 4.78 is 0. The molecular formula is C18H22N2. The van der Waals surface area contributed by atoms with Crippen molar-refractivity contribution in [2.75, 3.05) is 0 Å². The van der Waals surface area contributed by atoms with Gasteiger partial charge in [0.25, 0.3) is 0 Å². The van der Waals surface area contributed by atoms with E-state index in [1.807, 2.05) is 0 Å².